The molecule has 0 aromatic heterocycles. The molecule has 1 fully saturated rings. The van der Waals surface area contributed by atoms with Gasteiger partial charge in [0, 0.05) is 0 Å². The summed E-state index contributed by atoms with van der Waals surface area (Å²) in [4.78, 5) is 25.9. The van der Waals surface area contributed by atoms with Crippen LogP contribution in [0.4, 0.5) is 18.9 Å². The Hall–Kier alpha value is -2.11. The number of carbonyl (C=O) groups excluding carboxylic acids is 2. The van der Waals surface area contributed by atoms with Crippen LogP contribution in [0.5, 0.6) is 0 Å². The van der Waals surface area contributed by atoms with E-state index in [2.05, 4.69) is 0 Å². The fraction of sp³-hybridized carbons (Fsp3) is 0.412. The quantitative estimate of drug-likeness (QED) is 0.580. The second-order valence-electron chi connectivity index (χ2n) is 6.21. The van der Waals surface area contributed by atoms with Gasteiger partial charge in [0.15, 0.2) is 0 Å². The van der Waals surface area contributed by atoms with Crippen molar-refractivity contribution in [2.75, 3.05) is 4.90 Å². The van der Waals surface area contributed by atoms with Crippen LogP contribution in [0, 0.1) is 11.8 Å². The van der Waals surface area contributed by atoms with Crippen molar-refractivity contribution in [3.63, 3.8) is 0 Å². The number of rotatable bonds is 1. The van der Waals surface area contributed by atoms with Crippen molar-refractivity contribution < 1.29 is 22.8 Å². The highest BCUT2D eigenvalue weighted by Gasteiger charge is 2.51. The molecule has 1 heterocycles. The van der Waals surface area contributed by atoms with Crippen molar-refractivity contribution in [2.45, 2.75) is 32.9 Å². The Kier molecular flexibility index (Phi) is 3.58. The molecule has 0 spiro atoms. The average molecular weight is 323 g/mol. The number of halogens is 3. The Labute approximate surface area is 131 Å². The number of para-hydroxylation sites is 1. The fourth-order valence-electron chi connectivity index (χ4n) is 3.40. The molecule has 1 saturated heterocycles. The Bertz CT molecular complexity index is 689. The summed E-state index contributed by atoms with van der Waals surface area (Å²) < 4.78 is 39.6. The molecule has 0 unspecified atom stereocenters. The normalized spacial score (nSPS) is 25.2. The van der Waals surface area contributed by atoms with E-state index < -0.39 is 35.4 Å². The van der Waals surface area contributed by atoms with Crippen LogP contribution in [0.15, 0.2) is 35.4 Å². The lowest BCUT2D eigenvalue weighted by Gasteiger charge is -2.23. The minimum absolute atomic E-state index is 0.361. The van der Waals surface area contributed by atoms with E-state index >= 15 is 0 Å². The first-order valence-corrected chi connectivity index (χ1v) is 7.41. The van der Waals surface area contributed by atoms with Gasteiger partial charge in [-0.2, -0.15) is 13.2 Å². The molecule has 2 amide bonds. The second-order valence-corrected chi connectivity index (χ2v) is 6.21. The summed E-state index contributed by atoms with van der Waals surface area (Å²) in [5, 5.41) is 0. The van der Waals surface area contributed by atoms with E-state index in [1.54, 1.807) is 0 Å². The Morgan fingerprint density at radius 3 is 1.91 bits per heavy atom. The van der Waals surface area contributed by atoms with Gasteiger partial charge >= 0.3 is 6.18 Å². The molecule has 0 bridgehead atoms. The van der Waals surface area contributed by atoms with Crippen LogP contribution in [-0.2, 0) is 15.8 Å². The molecule has 0 N–H and O–H groups in total. The van der Waals surface area contributed by atoms with Crippen LogP contribution in [0.2, 0.25) is 0 Å². The smallest absolute Gasteiger partial charge is 0.274 e. The van der Waals surface area contributed by atoms with Crippen molar-refractivity contribution >= 4 is 17.5 Å². The van der Waals surface area contributed by atoms with Crippen molar-refractivity contribution in [1.82, 2.24) is 0 Å². The highest BCUT2D eigenvalue weighted by atomic mass is 19.4. The third-order valence-electron chi connectivity index (χ3n) is 4.79. The second kappa shape index (κ2) is 5.22. The van der Waals surface area contributed by atoms with Gasteiger partial charge in [-0.3, -0.25) is 9.59 Å². The SMILES string of the molecule is CC1=C(C)C[C@H]2C(=O)N(c3ccccc3C(F)(F)F)C(=O)[C@H]2C1. The standard InChI is InChI=1S/C17H16F3NO2/c1-9-7-11-12(8-10(9)2)16(23)21(15(11)22)14-6-4-3-5-13(14)17(18,19)20/h3-6,11-12H,7-8H2,1-2H3/t11-,12+. The van der Waals surface area contributed by atoms with E-state index in [0.717, 1.165) is 22.1 Å². The first-order chi connectivity index (χ1) is 10.7. The summed E-state index contributed by atoms with van der Waals surface area (Å²) >= 11 is 0. The molecule has 122 valence electrons. The Balaban J connectivity index is 2.04. The number of carbonyl (C=O) groups is 2. The van der Waals surface area contributed by atoms with Crippen LogP contribution in [0.3, 0.4) is 0 Å². The summed E-state index contributed by atoms with van der Waals surface area (Å²) in [6.45, 7) is 3.80. The molecule has 3 nitrogen and oxygen atoms in total. The van der Waals surface area contributed by atoms with Gasteiger partial charge in [-0.1, -0.05) is 23.3 Å². The average Bonchev–Trinajstić information content (AvgIpc) is 2.71. The zero-order chi connectivity index (χ0) is 16.9. The zero-order valence-electron chi connectivity index (χ0n) is 12.8. The number of hydrogen-bond donors (Lipinski definition) is 0. The number of hydrogen-bond acceptors (Lipinski definition) is 2. The molecule has 0 saturated carbocycles. The predicted octanol–water partition coefficient (Wildman–Crippen LogP) is 3.94. The fourth-order valence-corrected chi connectivity index (χ4v) is 3.40. The molecular weight excluding hydrogens is 307 g/mol. The van der Waals surface area contributed by atoms with E-state index in [9.17, 15) is 22.8 Å². The number of anilines is 1. The topological polar surface area (TPSA) is 37.4 Å². The highest BCUT2D eigenvalue weighted by molar-refractivity contribution is 6.22. The number of allylic oxidation sites excluding steroid dienone is 2. The maximum absolute atomic E-state index is 13.2. The summed E-state index contributed by atoms with van der Waals surface area (Å²) in [5.74, 6) is -2.15. The maximum Gasteiger partial charge on any atom is 0.418 e. The highest BCUT2D eigenvalue weighted by Crippen LogP contribution is 2.45. The number of imide groups is 1. The monoisotopic (exact) mass is 323 g/mol. The molecule has 23 heavy (non-hydrogen) atoms. The Morgan fingerprint density at radius 1 is 0.957 bits per heavy atom. The summed E-state index contributed by atoms with van der Waals surface area (Å²) in [6, 6.07) is 4.73. The van der Waals surface area contributed by atoms with E-state index in [1.165, 1.54) is 18.2 Å². The van der Waals surface area contributed by atoms with Gasteiger partial charge in [0.05, 0.1) is 23.1 Å². The van der Waals surface area contributed by atoms with E-state index in [0.29, 0.717) is 12.8 Å². The number of nitrogens with zero attached hydrogens (tertiary/aromatic N) is 1. The molecule has 1 aromatic carbocycles. The van der Waals surface area contributed by atoms with E-state index in [1.807, 2.05) is 13.8 Å². The van der Waals surface area contributed by atoms with Gasteiger partial charge < -0.3 is 0 Å². The van der Waals surface area contributed by atoms with E-state index in [-0.39, 0.29) is 5.69 Å². The lowest BCUT2D eigenvalue weighted by Crippen LogP contribution is -2.32. The van der Waals surface area contributed by atoms with Crippen molar-refractivity contribution in [2.24, 2.45) is 11.8 Å². The molecule has 3 rings (SSSR count). The number of alkyl halides is 3. The van der Waals surface area contributed by atoms with Gasteiger partial charge in [0.1, 0.15) is 0 Å². The summed E-state index contributed by atoms with van der Waals surface area (Å²) in [5.41, 5.74) is 0.762. The minimum Gasteiger partial charge on any atom is -0.274 e. The van der Waals surface area contributed by atoms with Gasteiger partial charge in [-0.15, -0.1) is 0 Å². The molecular formula is C17H16F3NO2. The van der Waals surface area contributed by atoms with Gasteiger partial charge in [-0.25, -0.2) is 4.90 Å². The van der Waals surface area contributed by atoms with Crippen LogP contribution in [0.25, 0.3) is 0 Å². The van der Waals surface area contributed by atoms with Crippen molar-refractivity contribution in [3.05, 3.63) is 41.0 Å². The third-order valence-corrected chi connectivity index (χ3v) is 4.79. The summed E-state index contributed by atoms with van der Waals surface area (Å²) in [6.07, 6.45) is -3.74. The van der Waals surface area contributed by atoms with Crippen LogP contribution in [-0.4, -0.2) is 11.8 Å². The molecule has 2 aliphatic rings. The maximum atomic E-state index is 13.2. The largest absolute Gasteiger partial charge is 0.418 e. The number of amides is 2. The first-order valence-electron chi connectivity index (χ1n) is 7.41. The third kappa shape index (κ3) is 2.46. The van der Waals surface area contributed by atoms with Crippen LogP contribution < -0.4 is 4.90 Å². The number of benzene rings is 1. The first kappa shape index (κ1) is 15.8. The van der Waals surface area contributed by atoms with Gasteiger partial charge in [0.2, 0.25) is 11.8 Å². The molecule has 1 aromatic rings. The van der Waals surface area contributed by atoms with Crippen LogP contribution in [0.1, 0.15) is 32.3 Å². The molecule has 6 heteroatoms. The summed E-state index contributed by atoms with van der Waals surface area (Å²) in [7, 11) is 0. The van der Waals surface area contributed by atoms with Gasteiger partial charge in [-0.05, 0) is 38.8 Å². The van der Waals surface area contributed by atoms with Crippen molar-refractivity contribution in [1.29, 1.82) is 0 Å². The van der Waals surface area contributed by atoms with Crippen molar-refractivity contribution in [3.8, 4) is 0 Å². The zero-order valence-corrected chi connectivity index (χ0v) is 12.8. The van der Waals surface area contributed by atoms with Crippen LogP contribution >= 0.6 is 0 Å². The lowest BCUT2D eigenvalue weighted by molar-refractivity contribution is -0.137. The molecule has 0 radical (unpaired) electrons. The van der Waals surface area contributed by atoms with E-state index in [4.69, 9.17) is 0 Å². The lowest BCUT2D eigenvalue weighted by atomic mass is 9.78. The number of fused-ring (bicyclic) bond motifs is 1. The molecule has 1 aliphatic carbocycles. The molecule has 1 aliphatic heterocycles. The predicted molar refractivity (Wildman–Crippen MR) is 78.5 cm³/mol. The minimum atomic E-state index is -4.62. The molecule has 2 atom stereocenters. The van der Waals surface area contributed by atoms with Gasteiger partial charge in [0.25, 0.3) is 0 Å². The Morgan fingerprint density at radius 2 is 1.43 bits per heavy atom.